The predicted octanol–water partition coefficient (Wildman–Crippen LogP) is -0.452. The van der Waals surface area contributed by atoms with Crippen molar-refractivity contribution in [1.82, 2.24) is 14.7 Å². The van der Waals surface area contributed by atoms with Gasteiger partial charge >= 0.3 is 5.69 Å². The van der Waals surface area contributed by atoms with Gasteiger partial charge in [0.2, 0.25) is 10.0 Å². The van der Waals surface area contributed by atoms with Crippen LogP contribution >= 0.6 is 0 Å². The largest absolute Gasteiger partial charge is 0.382 e. The summed E-state index contributed by atoms with van der Waals surface area (Å²) in [4.78, 5) is 27.4. The fourth-order valence-electron chi connectivity index (χ4n) is 2.02. The average molecular weight is 357 g/mol. The highest BCUT2D eigenvalue weighted by Crippen LogP contribution is 2.13. The van der Waals surface area contributed by atoms with Gasteiger partial charge in [0.15, 0.2) is 0 Å². The van der Waals surface area contributed by atoms with E-state index in [1.54, 1.807) is 7.11 Å². The Hall–Kier alpha value is -2.01. The minimum Gasteiger partial charge on any atom is -0.382 e. The number of nitrogens with one attached hydrogen (secondary N) is 3. The van der Waals surface area contributed by atoms with Crippen molar-refractivity contribution in [1.29, 1.82) is 0 Å². The van der Waals surface area contributed by atoms with Crippen molar-refractivity contribution in [3.05, 3.63) is 39.0 Å². The van der Waals surface area contributed by atoms with Crippen LogP contribution < -0.4 is 16.0 Å². The van der Waals surface area contributed by atoms with Crippen LogP contribution in [0.3, 0.4) is 0 Å². The highest BCUT2D eigenvalue weighted by Gasteiger charge is 2.15. The molecule has 0 unspecified atom stereocenters. The third-order valence-electron chi connectivity index (χ3n) is 3.21. The molecule has 0 amide bonds. The molecule has 0 atom stereocenters. The van der Waals surface area contributed by atoms with Gasteiger partial charge in [0.25, 0.3) is 5.56 Å². The summed E-state index contributed by atoms with van der Waals surface area (Å²) < 4.78 is 37.0. The maximum absolute atomic E-state index is 12.2. The van der Waals surface area contributed by atoms with Gasteiger partial charge in [0.05, 0.1) is 29.0 Å². The smallest absolute Gasteiger partial charge is 0.326 e. The van der Waals surface area contributed by atoms with Gasteiger partial charge in [-0.1, -0.05) is 0 Å². The van der Waals surface area contributed by atoms with Gasteiger partial charge in [-0.2, -0.15) is 0 Å². The number of hydrogen-bond donors (Lipinski definition) is 3. The van der Waals surface area contributed by atoms with Crippen LogP contribution in [-0.2, 0) is 19.5 Å². The summed E-state index contributed by atoms with van der Waals surface area (Å²) in [6, 6.07) is 3.94. The number of ether oxygens (including phenoxy) is 2. The van der Waals surface area contributed by atoms with E-state index in [0.717, 1.165) is 0 Å². The van der Waals surface area contributed by atoms with Crippen LogP contribution in [0.1, 0.15) is 6.42 Å². The molecule has 10 heteroatoms. The van der Waals surface area contributed by atoms with E-state index >= 15 is 0 Å². The van der Waals surface area contributed by atoms with E-state index in [4.69, 9.17) is 9.47 Å². The van der Waals surface area contributed by atoms with E-state index in [1.807, 2.05) is 0 Å². The Morgan fingerprint density at radius 3 is 2.67 bits per heavy atom. The van der Waals surface area contributed by atoms with Gasteiger partial charge in [-0.25, -0.2) is 17.9 Å². The van der Waals surface area contributed by atoms with E-state index < -0.39 is 21.3 Å². The second-order valence-corrected chi connectivity index (χ2v) is 6.74. The quantitative estimate of drug-likeness (QED) is 0.521. The lowest BCUT2D eigenvalue weighted by Crippen LogP contribution is -2.26. The summed E-state index contributed by atoms with van der Waals surface area (Å²) in [5.74, 6) is 0. The normalized spacial score (nSPS) is 11.9. The fraction of sp³-hybridized carbons (Fsp3) is 0.429. The van der Waals surface area contributed by atoms with Gasteiger partial charge in [0, 0.05) is 20.3 Å². The van der Waals surface area contributed by atoms with E-state index in [-0.39, 0.29) is 22.3 Å². The Bertz CT molecular complexity index is 903. The van der Waals surface area contributed by atoms with Gasteiger partial charge in [0.1, 0.15) is 0 Å². The highest BCUT2D eigenvalue weighted by atomic mass is 32.2. The molecule has 132 valence electrons. The first-order valence-electron chi connectivity index (χ1n) is 7.27. The molecule has 0 saturated heterocycles. The molecule has 9 nitrogen and oxygen atoms in total. The molecule has 0 aliphatic rings. The number of hydrogen-bond acceptors (Lipinski definition) is 6. The molecule has 0 aliphatic heterocycles. The Morgan fingerprint density at radius 1 is 1.12 bits per heavy atom. The van der Waals surface area contributed by atoms with Gasteiger partial charge in [-0.3, -0.25) is 9.78 Å². The van der Waals surface area contributed by atoms with Crippen molar-refractivity contribution in [3.8, 4) is 0 Å². The van der Waals surface area contributed by atoms with Crippen LogP contribution in [0.25, 0.3) is 10.9 Å². The number of methoxy groups -OCH3 is 1. The van der Waals surface area contributed by atoms with Crippen molar-refractivity contribution in [3.63, 3.8) is 0 Å². The van der Waals surface area contributed by atoms with E-state index in [0.29, 0.717) is 26.2 Å². The minimum absolute atomic E-state index is 0.0483. The van der Waals surface area contributed by atoms with Crippen molar-refractivity contribution in [2.24, 2.45) is 0 Å². The molecule has 3 N–H and O–H groups in total. The Balaban J connectivity index is 2.03. The Kier molecular flexibility index (Phi) is 6.26. The van der Waals surface area contributed by atoms with E-state index in [9.17, 15) is 18.0 Å². The van der Waals surface area contributed by atoms with Crippen molar-refractivity contribution in [2.75, 3.05) is 33.5 Å². The van der Waals surface area contributed by atoms with Crippen LogP contribution in [0.15, 0.2) is 32.7 Å². The van der Waals surface area contributed by atoms with Crippen molar-refractivity contribution >= 4 is 20.9 Å². The lowest BCUT2D eigenvalue weighted by Gasteiger charge is -2.08. The standard InChI is InChI=1S/C14H19N3O6S/c1-22-7-8-23-6-2-5-15-24(20,21)10-3-4-12-11(9-10)13(18)17-14(19)16-12/h3-4,9,15H,2,5-8H2,1H3,(H2,16,17,18,19). The molecule has 0 radical (unpaired) electrons. The third-order valence-corrected chi connectivity index (χ3v) is 4.67. The molecule has 2 aromatic rings. The summed E-state index contributed by atoms with van der Waals surface area (Å²) in [5.41, 5.74) is -1.01. The zero-order valence-electron chi connectivity index (χ0n) is 13.1. The van der Waals surface area contributed by atoms with Crippen LogP contribution in [0, 0.1) is 0 Å². The summed E-state index contributed by atoms with van der Waals surface area (Å²) in [5, 5.41) is 0.0976. The molecular weight excluding hydrogens is 338 g/mol. The van der Waals surface area contributed by atoms with E-state index in [1.165, 1.54) is 18.2 Å². The topological polar surface area (TPSA) is 130 Å². The molecule has 0 aliphatic carbocycles. The summed E-state index contributed by atoms with van der Waals surface area (Å²) >= 11 is 0. The number of aromatic amines is 2. The van der Waals surface area contributed by atoms with Gasteiger partial charge in [-0.15, -0.1) is 0 Å². The number of rotatable bonds is 9. The summed E-state index contributed by atoms with van der Waals surface area (Å²) in [6.45, 7) is 1.55. The summed E-state index contributed by atoms with van der Waals surface area (Å²) in [6.07, 6.45) is 0.504. The molecule has 24 heavy (non-hydrogen) atoms. The van der Waals surface area contributed by atoms with Gasteiger partial charge in [-0.05, 0) is 24.6 Å². The molecule has 1 aromatic heterocycles. The molecule has 0 spiro atoms. The van der Waals surface area contributed by atoms with Crippen LogP contribution in [0.2, 0.25) is 0 Å². The number of benzene rings is 1. The molecule has 0 fully saturated rings. The predicted molar refractivity (Wildman–Crippen MR) is 87.7 cm³/mol. The second-order valence-electron chi connectivity index (χ2n) is 4.97. The monoisotopic (exact) mass is 357 g/mol. The molecule has 2 rings (SSSR count). The first-order chi connectivity index (χ1) is 11.4. The SMILES string of the molecule is COCCOCCCNS(=O)(=O)c1ccc2[nH]c(=O)[nH]c(=O)c2c1. The number of aromatic nitrogens is 2. The molecule has 0 bridgehead atoms. The average Bonchev–Trinajstić information content (AvgIpc) is 2.53. The maximum Gasteiger partial charge on any atom is 0.326 e. The minimum atomic E-state index is -3.75. The molecular formula is C14H19N3O6S. The van der Waals surface area contributed by atoms with E-state index in [2.05, 4.69) is 14.7 Å². The Labute approximate surface area is 138 Å². The van der Waals surface area contributed by atoms with Crippen molar-refractivity contribution in [2.45, 2.75) is 11.3 Å². The Morgan fingerprint density at radius 2 is 1.92 bits per heavy atom. The number of sulfonamides is 1. The first kappa shape index (κ1) is 18.3. The fourth-order valence-corrected chi connectivity index (χ4v) is 3.12. The zero-order chi connectivity index (χ0) is 17.6. The number of H-pyrrole nitrogens is 2. The molecule has 0 saturated carbocycles. The van der Waals surface area contributed by atoms with Crippen molar-refractivity contribution < 1.29 is 17.9 Å². The first-order valence-corrected chi connectivity index (χ1v) is 8.75. The van der Waals surface area contributed by atoms with Crippen LogP contribution in [-0.4, -0.2) is 51.9 Å². The highest BCUT2D eigenvalue weighted by molar-refractivity contribution is 7.89. The zero-order valence-corrected chi connectivity index (χ0v) is 13.9. The van der Waals surface area contributed by atoms with Gasteiger partial charge < -0.3 is 14.5 Å². The third kappa shape index (κ3) is 4.74. The lowest BCUT2D eigenvalue weighted by atomic mass is 10.2. The second kappa shape index (κ2) is 8.20. The molecule has 1 aromatic carbocycles. The summed E-state index contributed by atoms with van der Waals surface area (Å²) in [7, 11) is -2.18. The van der Waals surface area contributed by atoms with Crippen LogP contribution in [0.5, 0.6) is 0 Å². The number of fused-ring (bicyclic) bond motifs is 1. The maximum atomic E-state index is 12.2. The van der Waals surface area contributed by atoms with Crippen LogP contribution in [0.4, 0.5) is 0 Å². The molecule has 1 heterocycles. The lowest BCUT2D eigenvalue weighted by molar-refractivity contribution is 0.0699.